The quantitative estimate of drug-likeness (QED) is 0.799. The van der Waals surface area contributed by atoms with Gasteiger partial charge in [-0.05, 0) is 13.0 Å². The van der Waals surface area contributed by atoms with Crippen LogP contribution in [-0.4, -0.2) is 37.5 Å². The number of likely N-dealkylation sites (N-methyl/N-ethyl adjacent to an activating group) is 1. The van der Waals surface area contributed by atoms with Crippen molar-refractivity contribution >= 4 is 28.9 Å². The van der Waals surface area contributed by atoms with Crippen LogP contribution in [0.4, 0.5) is 5.69 Å². The van der Waals surface area contributed by atoms with Crippen LogP contribution in [0.2, 0.25) is 0 Å². The van der Waals surface area contributed by atoms with Crippen LogP contribution in [0.5, 0.6) is 0 Å². The highest BCUT2D eigenvalue weighted by molar-refractivity contribution is 7.14. The summed E-state index contributed by atoms with van der Waals surface area (Å²) in [5.74, 6) is -0.769. The fourth-order valence-electron chi connectivity index (χ4n) is 0.924. The van der Waals surface area contributed by atoms with E-state index >= 15 is 0 Å². The minimum Gasteiger partial charge on any atom is -0.451 e. The molecule has 0 unspecified atom stereocenters. The SMILES string of the molecule is Cc1sc(C(=O)OCC(=O)N(C)C)cc1N. The van der Waals surface area contributed by atoms with Crippen molar-refractivity contribution in [3.8, 4) is 0 Å². The van der Waals surface area contributed by atoms with Gasteiger partial charge in [0.15, 0.2) is 6.61 Å². The standard InChI is InChI=1S/C10H14N2O3S/c1-6-7(11)4-8(16-6)10(14)15-5-9(13)12(2)3/h4H,5,11H2,1-3H3. The summed E-state index contributed by atoms with van der Waals surface area (Å²) in [7, 11) is 3.20. The lowest BCUT2D eigenvalue weighted by atomic mass is 10.4. The number of rotatable bonds is 3. The normalized spacial score (nSPS) is 9.94. The van der Waals surface area contributed by atoms with Crippen LogP contribution in [0.1, 0.15) is 14.5 Å². The van der Waals surface area contributed by atoms with Gasteiger partial charge < -0.3 is 15.4 Å². The van der Waals surface area contributed by atoms with Gasteiger partial charge in [-0.1, -0.05) is 0 Å². The Labute approximate surface area is 97.8 Å². The molecule has 0 bridgehead atoms. The summed E-state index contributed by atoms with van der Waals surface area (Å²) in [6, 6.07) is 1.56. The van der Waals surface area contributed by atoms with E-state index in [2.05, 4.69) is 0 Å². The molecule has 0 fully saturated rings. The van der Waals surface area contributed by atoms with Crippen molar-refractivity contribution in [3.63, 3.8) is 0 Å². The Bertz CT molecular complexity index is 393. The van der Waals surface area contributed by atoms with Crippen LogP contribution in [0.3, 0.4) is 0 Å². The highest BCUT2D eigenvalue weighted by Crippen LogP contribution is 2.23. The van der Waals surface area contributed by atoms with E-state index in [1.807, 2.05) is 6.92 Å². The zero-order valence-electron chi connectivity index (χ0n) is 9.44. The van der Waals surface area contributed by atoms with Crippen molar-refractivity contribution in [1.82, 2.24) is 4.90 Å². The summed E-state index contributed by atoms with van der Waals surface area (Å²) in [6.45, 7) is 1.57. The number of ether oxygens (including phenoxy) is 1. The first-order chi connectivity index (χ1) is 7.41. The number of carbonyl (C=O) groups is 2. The number of thiophene rings is 1. The number of anilines is 1. The molecule has 1 aromatic heterocycles. The third-order valence-corrected chi connectivity index (χ3v) is 3.03. The average molecular weight is 242 g/mol. The lowest BCUT2D eigenvalue weighted by molar-refractivity contribution is -0.131. The molecule has 16 heavy (non-hydrogen) atoms. The van der Waals surface area contributed by atoms with Crippen molar-refractivity contribution in [2.75, 3.05) is 26.4 Å². The summed E-state index contributed by atoms with van der Waals surface area (Å²) in [5.41, 5.74) is 6.18. The van der Waals surface area contributed by atoms with E-state index in [1.54, 1.807) is 20.2 Å². The molecule has 0 aliphatic rings. The number of nitrogen functional groups attached to an aromatic ring is 1. The number of carbonyl (C=O) groups excluding carboxylic acids is 2. The highest BCUT2D eigenvalue weighted by atomic mass is 32.1. The predicted octanol–water partition coefficient (Wildman–Crippen LogP) is 0.884. The van der Waals surface area contributed by atoms with Crippen LogP contribution in [0, 0.1) is 6.92 Å². The van der Waals surface area contributed by atoms with Crippen molar-refractivity contribution in [1.29, 1.82) is 0 Å². The second-order valence-corrected chi connectivity index (χ2v) is 4.74. The number of hydrogen-bond acceptors (Lipinski definition) is 5. The van der Waals surface area contributed by atoms with E-state index in [-0.39, 0.29) is 12.5 Å². The molecule has 1 heterocycles. The van der Waals surface area contributed by atoms with E-state index in [0.717, 1.165) is 4.88 Å². The van der Waals surface area contributed by atoms with Crippen LogP contribution in [-0.2, 0) is 9.53 Å². The van der Waals surface area contributed by atoms with Crippen molar-refractivity contribution < 1.29 is 14.3 Å². The van der Waals surface area contributed by atoms with Gasteiger partial charge in [-0.2, -0.15) is 0 Å². The third kappa shape index (κ3) is 2.96. The van der Waals surface area contributed by atoms with Crippen LogP contribution in [0.25, 0.3) is 0 Å². The Balaban J connectivity index is 2.56. The third-order valence-electron chi connectivity index (χ3n) is 1.98. The highest BCUT2D eigenvalue weighted by Gasteiger charge is 2.14. The van der Waals surface area contributed by atoms with E-state index in [1.165, 1.54) is 16.2 Å². The lowest BCUT2D eigenvalue weighted by Gasteiger charge is -2.09. The average Bonchev–Trinajstić information content (AvgIpc) is 2.55. The summed E-state index contributed by atoms with van der Waals surface area (Å²) < 4.78 is 4.84. The molecule has 88 valence electrons. The number of aryl methyl sites for hydroxylation is 1. The van der Waals surface area contributed by atoms with Crippen molar-refractivity contribution in [3.05, 3.63) is 15.8 Å². The molecule has 2 N–H and O–H groups in total. The number of esters is 1. The minimum atomic E-state index is -0.514. The number of amides is 1. The number of hydrogen-bond donors (Lipinski definition) is 1. The first-order valence-corrected chi connectivity index (χ1v) is 5.46. The van der Waals surface area contributed by atoms with Crippen LogP contribution in [0.15, 0.2) is 6.07 Å². The van der Waals surface area contributed by atoms with Gasteiger partial charge in [-0.3, -0.25) is 4.79 Å². The maximum Gasteiger partial charge on any atom is 0.348 e. The Hall–Kier alpha value is -1.56. The molecule has 0 atom stereocenters. The molecule has 0 aromatic carbocycles. The molecule has 0 saturated heterocycles. The van der Waals surface area contributed by atoms with Gasteiger partial charge in [0.05, 0.1) is 0 Å². The Morgan fingerprint density at radius 1 is 1.50 bits per heavy atom. The molecule has 0 saturated carbocycles. The minimum absolute atomic E-state index is 0.247. The summed E-state index contributed by atoms with van der Waals surface area (Å²) in [4.78, 5) is 25.3. The molecule has 1 amide bonds. The van der Waals surface area contributed by atoms with Crippen LogP contribution < -0.4 is 5.73 Å². The molecule has 1 rings (SSSR count). The van der Waals surface area contributed by atoms with Crippen molar-refractivity contribution in [2.45, 2.75) is 6.92 Å². The fourth-order valence-corrected chi connectivity index (χ4v) is 1.76. The number of nitrogens with zero attached hydrogens (tertiary/aromatic N) is 1. The van der Waals surface area contributed by atoms with E-state index in [4.69, 9.17) is 10.5 Å². The first-order valence-electron chi connectivity index (χ1n) is 4.65. The molecule has 0 spiro atoms. The zero-order chi connectivity index (χ0) is 12.3. The van der Waals surface area contributed by atoms with E-state index in [0.29, 0.717) is 10.6 Å². The molecule has 1 aromatic rings. The van der Waals surface area contributed by atoms with Gasteiger partial charge >= 0.3 is 5.97 Å². The monoisotopic (exact) mass is 242 g/mol. The Morgan fingerprint density at radius 2 is 2.12 bits per heavy atom. The Morgan fingerprint density at radius 3 is 2.56 bits per heavy atom. The van der Waals surface area contributed by atoms with Gasteiger partial charge in [0.1, 0.15) is 4.88 Å². The molecular formula is C10H14N2O3S. The number of nitrogens with two attached hydrogens (primary N) is 1. The molecular weight excluding hydrogens is 228 g/mol. The van der Waals surface area contributed by atoms with Gasteiger partial charge in [-0.15, -0.1) is 11.3 Å². The summed E-state index contributed by atoms with van der Waals surface area (Å²) >= 11 is 1.26. The lowest BCUT2D eigenvalue weighted by Crippen LogP contribution is -2.27. The van der Waals surface area contributed by atoms with Crippen LogP contribution >= 0.6 is 11.3 Å². The van der Waals surface area contributed by atoms with Gasteiger partial charge in [0.25, 0.3) is 5.91 Å². The van der Waals surface area contributed by atoms with Gasteiger partial charge in [0.2, 0.25) is 0 Å². The van der Waals surface area contributed by atoms with E-state index < -0.39 is 5.97 Å². The smallest absolute Gasteiger partial charge is 0.348 e. The maximum absolute atomic E-state index is 11.5. The zero-order valence-corrected chi connectivity index (χ0v) is 10.3. The molecule has 6 heteroatoms. The van der Waals surface area contributed by atoms with Gasteiger partial charge in [0, 0.05) is 24.7 Å². The maximum atomic E-state index is 11.5. The second kappa shape index (κ2) is 4.98. The topological polar surface area (TPSA) is 72.6 Å². The largest absolute Gasteiger partial charge is 0.451 e. The molecule has 0 aliphatic carbocycles. The molecule has 0 aliphatic heterocycles. The van der Waals surface area contributed by atoms with E-state index in [9.17, 15) is 9.59 Å². The summed E-state index contributed by atoms with van der Waals surface area (Å²) in [5, 5.41) is 0. The molecule has 5 nitrogen and oxygen atoms in total. The summed E-state index contributed by atoms with van der Waals surface area (Å²) in [6.07, 6.45) is 0. The predicted molar refractivity (Wildman–Crippen MR) is 62.4 cm³/mol. The first kappa shape index (κ1) is 12.5. The molecule has 0 radical (unpaired) electrons. The second-order valence-electron chi connectivity index (χ2n) is 3.49. The van der Waals surface area contributed by atoms with Gasteiger partial charge in [-0.25, -0.2) is 4.79 Å². The van der Waals surface area contributed by atoms with Crippen molar-refractivity contribution in [2.24, 2.45) is 0 Å². The Kier molecular flexibility index (Phi) is 3.89. The fraction of sp³-hybridized carbons (Fsp3) is 0.400.